The number of aromatic nitrogens is 2. The number of amidine groups is 1. The summed E-state index contributed by atoms with van der Waals surface area (Å²) in [6.45, 7) is 5.79. The molecule has 0 spiro atoms. The van der Waals surface area contributed by atoms with Gasteiger partial charge in [0.1, 0.15) is 5.82 Å². The van der Waals surface area contributed by atoms with E-state index in [2.05, 4.69) is 26.8 Å². The molecule has 5 nitrogen and oxygen atoms in total. The highest BCUT2D eigenvalue weighted by Gasteiger charge is 2.40. The van der Waals surface area contributed by atoms with E-state index in [0.717, 1.165) is 31.7 Å². The van der Waals surface area contributed by atoms with Gasteiger partial charge in [-0.05, 0) is 37.9 Å². The first-order valence-corrected chi connectivity index (χ1v) is 7.70. The minimum Gasteiger partial charge on any atom is -0.353 e. The molecule has 0 aliphatic carbocycles. The summed E-state index contributed by atoms with van der Waals surface area (Å²) in [7, 11) is 2.16. The number of imidazole rings is 1. The predicted octanol–water partition coefficient (Wildman–Crippen LogP) is 1.83. The van der Waals surface area contributed by atoms with Gasteiger partial charge in [-0.15, -0.1) is 0 Å². The summed E-state index contributed by atoms with van der Waals surface area (Å²) in [5, 5.41) is 8.44. The molecule has 0 bridgehead atoms. The Morgan fingerprint density at radius 2 is 1.95 bits per heavy atom. The molecule has 0 amide bonds. The zero-order chi connectivity index (χ0) is 15.4. The fourth-order valence-corrected chi connectivity index (χ4v) is 3.86. The van der Waals surface area contributed by atoms with Crippen molar-refractivity contribution < 1.29 is 4.39 Å². The second-order valence-corrected chi connectivity index (χ2v) is 6.65. The number of benzene rings is 1. The summed E-state index contributed by atoms with van der Waals surface area (Å²) in [6, 6.07) is 3.10. The van der Waals surface area contributed by atoms with Crippen LogP contribution in [-0.2, 0) is 0 Å². The number of H-pyrrole nitrogens is 1. The number of hydrogen-bond donors (Lipinski definition) is 2. The van der Waals surface area contributed by atoms with E-state index in [-0.39, 0.29) is 5.82 Å². The van der Waals surface area contributed by atoms with Gasteiger partial charge in [-0.1, -0.05) is 0 Å². The molecule has 1 aromatic heterocycles. The average molecular weight is 301 g/mol. The summed E-state index contributed by atoms with van der Waals surface area (Å²) in [5.41, 5.74) is 1.97. The van der Waals surface area contributed by atoms with Crippen LogP contribution < -0.4 is 0 Å². The van der Waals surface area contributed by atoms with Crippen LogP contribution in [0.5, 0.6) is 0 Å². The van der Waals surface area contributed by atoms with Gasteiger partial charge in [-0.3, -0.25) is 5.41 Å². The van der Waals surface area contributed by atoms with Crippen LogP contribution in [0.25, 0.3) is 11.0 Å². The van der Waals surface area contributed by atoms with E-state index in [1.54, 1.807) is 13.0 Å². The average Bonchev–Trinajstić information content (AvgIpc) is 3.14. The summed E-state index contributed by atoms with van der Waals surface area (Å²) >= 11 is 0. The van der Waals surface area contributed by atoms with E-state index in [9.17, 15) is 4.39 Å². The van der Waals surface area contributed by atoms with E-state index < -0.39 is 0 Å². The first-order valence-electron chi connectivity index (χ1n) is 7.70. The third-order valence-corrected chi connectivity index (χ3v) is 5.06. The van der Waals surface area contributed by atoms with Crippen LogP contribution in [0.1, 0.15) is 11.4 Å². The molecule has 4 rings (SSSR count). The molecule has 0 saturated carbocycles. The SMILES string of the molecule is Cc1c(F)ccc2nc(C(=N)N3CC4CN(C)CC4C3)[nH]c12. The Kier molecular flexibility index (Phi) is 2.97. The molecule has 2 atom stereocenters. The van der Waals surface area contributed by atoms with Crippen molar-refractivity contribution in [3.05, 3.63) is 29.3 Å². The molecule has 6 heteroatoms. The van der Waals surface area contributed by atoms with Crippen molar-refractivity contribution in [3.63, 3.8) is 0 Å². The van der Waals surface area contributed by atoms with Gasteiger partial charge in [-0.25, -0.2) is 9.37 Å². The molecular weight excluding hydrogens is 281 g/mol. The maximum atomic E-state index is 13.6. The second kappa shape index (κ2) is 4.78. The smallest absolute Gasteiger partial charge is 0.173 e. The number of aryl methyl sites for hydroxylation is 1. The van der Waals surface area contributed by atoms with Crippen molar-refractivity contribution in [2.24, 2.45) is 11.8 Å². The van der Waals surface area contributed by atoms with Crippen LogP contribution in [0.15, 0.2) is 12.1 Å². The standard InChI is InChI=1S/C16H20FN5/c1-9-12(17)3-4-13-14(9)20-16(19-13)15(18)22-7-10-5-21(2)6-11(10)8-22/h3-4,10-11,18H,5-8H2,1-2H3,(H,19,20). The van der Waals surface area contributed by atoms with Crippen molar-refractivity contribution in [2.45, 2.75) is 6.92 Å². The molecule has 1 aromatic carbocycles. The maximum absolute atomic E-state index is 13.6. The summed E-state index contributed by atoms with van der Waals surface area (Å²) in [5.74, 6) is 2.01. The number of aromatic amines is 1. The summed E-state index contributed by atoms with van der Waals surface area (Å²) in [4.78, 5) is 12.1. The number of hydrogen-bond acceptors (Lipinski definition) is 3. The van der Waals surface area contributed by atoms with Crippen molar-refractivity contribution in [1.29, 1.82) is 5.41 Å². The van der Waals surface area contributed by atoms with E-state index >= 15 is 0 Å². The third-order valence-electron chi connectivity index (χ3n) is 5.06. The lowest BCUT2D eigenvalue weighted by Gasteiger charge is -2.20. The van der Waals surface area contributed by atoms with Gasteiger partial charge in [0, 0.05) is 31.7 Å². The van der Waals surface area contributed by atoms with Gasteiger partial charge in [0.15, 0.2) is 11.7 Å². The minimum absolute atomic E-state index is 0.243. The molecule has 116 valence electrons. The highest BCUT2D eigenvalue weighted by atomic mass is 19.1. The Morgan fingerprint density at radius 1 is 1.27 bits per heavy atom. The zero-order valence-electron chi connectivity index (χ0n) is 12.9. The molecule has 2 aromatic rings. The maximum Gasteiger partial charge on any atom is 0.173 e. The first-order chi connectivity index (χ1) is 10.5. The number of halogens is 1. The van der Waals surface area contributed by atoms with Gasteiger partial charge in [0.25, 0.3) is 0 Å². The normalized spacial score (nSPS) is 25.1. The van der Waals surface area contributed by atoms with Crippen LogP contribution in [0.3, 0.4) is 0 Å². The van der Waals surface area contributed by atoms with Crippen LogP contribution in [0.2, 0.25) is 0 Å². The topological polar surface area (TPSA) is 59.0 Å². The van der Waals surface area contributed by atoms with Gasteiger partial charge in [-0.2, -0.15) is 0 Å². The fourth-order valence-electron chi connectivity index (χ4n) is 3.86. The molecule has 2 N–H and O–H groups in total. The number of fused-ring (bicyclic) bond motifs is 2. The predicted molar refractivity (Wildman–Crippen MR) is 83.7 cm³/mol. The van der Waals surface area contributed by atoms with E-state index in [4.69, 9.17) is 5.41 Å². The molecule has 3 heterocycles. The van der Waals surface area contributed by atoms with E-state index in [1.807, 2.05) is 0 Å². The van der Waals surface area contributed by atoms with Crippen molar-refractivity contribution >= 4 is 16.9 Å². The molecule has 2 aliphatic heterocycles. The summed E-state index contributed by atoms with van der Waals surface area (Å²) < 4.78 is 13.6. The number of rotatable bonds is 1. The highest BCUT2D eigenvalue weighted by molar-refractivity contribution is 5.96. The Bertz CT molecular complexity index is 738. The molecule has 2 unspecified atom stereocenters. The fraction of sp³-hybridized carbons (Fsp3) is 0.500. The molecule has 2 aliphatic rings. The number of nitrogens with zero attached hydrogens (tertiary/aromatic N) is 3. The van der Waals surface area contributed by atoms with Crippen molar-refractivity contribution in [3.8, 4) is 0 Å². The minimum atomic E-state index is -0.243. The van der Waals surface area contributed by atoms with Crippen molar-refractivity contribution in [1.82, 2.24) is 19.8 Å². The molecule has 22 heavy (non-hydrogen) atoms. The van der Waals surface area contributed by atoms with Gasteiger partial charge in [0.05, 0.1) is 11.0 Å². The lowest BCUT2D eigenvalue weighted by Crippen LogP contribution is -2.33. The lowest BCUT2D eigenvalue weighted by atomic mass is 10.0. The Balaban J connectivity index is 1.60. The largest absolute Gasteiger partial charge is 0.353 e. The Morgan fingerprint density at radius 3 is 2.64 bits per heavy atom. The highest BCUT2D eigenvalue weighted by Crippen LogP contribution is 2.31. The van der Waals surface area contributed by atoms with Crippen LogP contribution in [-0.4, -0.2) is 58.8 Å². The summed E-state index contributed by atoms with van der Waals surface area (Å²) in [6.07, 6.45) is 0. The van der Waals surface area contributed by atoms with E-state index in [0.29, 0.717) is 34.6 Å². The Labute approximate surface area is 128 Å². The zero-order valence-corrected chi connectivity index (χ0v) is 12.9. The van der Waals surface area contributed by atoms with Gasteiger partial charge in [0.2, 0.25) is 0 Å². The van der Waals surface area contributed by atoms with Crippen LogP contribution in [0, 0.1) is 30.0 Å². The van der Waals surface area contributed by atoms with Crippen LogP contribution >= 0.6 is 0 Å². The molecule has 0 radical (unpaired) electrons. The quantitative estimate of drug-likeness (QED) is 0.624. The number of likely N-dealkylation sites (tertiary alicyclic amines) is 2. The lowest BCUT2D eigenvalue weighted by molar-refractivity contribution is 0.347. The first kappa shape index (κ1) is 13.7. The second-order valence-electron chi connectivity index (χ2n) is 6.65. The third kappa shape index (κ3) is 2.01. The molecule has 2 fully saturated rings. The van der Waals surface area contributed by atoms with Crippen LogP contribution in [0.4, 0.5) is 4.39 Å². The number of nitrogens with one attached hydrogen (secondary N) is 2. The van der Waals surface area contributed by atoms with Gasteiger partial charge < -0.3 is 14.8 Å². The van der Waals surface area contributed by atoms with Crippen molar-refractivity contribution in [2.75, 3.05) is 33.2 Å². The van der Waals surface area contributed by atoms with Gasteiger partial charge >= 0.3 is 0 Å². The monoisotopic (exact) mass is 301 g/mol. The Hall–Kier alpha value is -1.95. The molecular formula is C16H20FN5. The van der Waals surface area contributed by atoms with E-state index in [1.165, 1.54) is 6.07 Å². The molecule has 2 saturated heterocycles.